The Morgan fingerprint density at radius 3 is 2.73 bits per heavy atom. The third kappa shape index (κ3) is 4.56. The van der Waals surface area contributed by atoms with Crippen molar-refractivity contribution >= 4 is 11.6 Å². The standard InChI is InChI=1S/C24H35N7O2/c1-25-14-19-15-31(27-26-19)16-20-13-18-7-8-30(20)17-21(18)24(32)29-11-9-28(10-12-29)22-5-3-4-6-23(22)33-2/h3-6,15,18,20-21,25H,7-14,16-17H2,1-2H3. The number of ether oxygens (including phenoxy) is 1. The molecule has 0 saturated carbocycles. The number of carbonyl (C=O) groups is 1. The first-order valence-electron chi connectivity index (χ1n) is 12.1. The molecule has 0 radical (unpaired) electrons. The van der Waals surface area contributed by atoms with Gasteiger partial charge in [-0.3, -0.25) is 14.4 Å². The molecule has 4 unspecified atom stereocenters. The predicted molar refractivity (Wildman–Crippen MR) is 126 cm³/mol. The summed E-state index contributed by atoms with van der Waals surface area (Å²) in [6.07, 6.45) is 4.22. The van der Waals surface area contributed by atoms with E-state index in [-0.39, 0.29) is 5.92 Å². The normalized spacial score (nSPS) is 27.1. The first-order chi connectivity index (χ1) is 16.2. The highest BCUT2D eigenvalue weighted by Crippen LogP contribution is 2.38. The summed E-state index contributed by atoms with van der Waals surface area (Å²) in [5.74, 6) is 1.84. The van der Waals surface area contributed by atoms with Gasteiger partial charge in [0.05, 0.1) is 31.0 Å². The van der Waals surface area contributed by atoms with Crippen LogP contribution in [0, 0.1) is 11.8 Å². The zero-order chi connectivity index (χ0) is 22.8. The van der Waals surface area contributed by atoms with Gasteiger partial charge in [-0.1, -0.05) is 17.3 Å². The van der Waals surface area contributed by atoms with E-state index in [4.69, 9.17) is 4.74 Å². The lowest BCUT2D eigenvalue weighted by atomic mass is 9.75. The van der Waals surface area contributed by atoms with Crippen molar-refractivity contribution in [2.45, 2.75) is 32.0 Å². The molecule has 6 rings (SSSR count). The topological polar surface area (TPSA) is 78.8 Å². The third-order valence-electron chi connectivity index (χ3n) is 7.55. The van der Waals surface area contributed by atoms with Gasteiger partial charge < -0.3 is 19.9 Å². The molecule has 0 aliphatic carbocycles. The molecule has 1 aromatic heterocycles. The number of nitrogens with zero attached hydrogens (tertiary/aromatic N) is 6. The fourth-order valence-corrected chi connectivity index (χ4v) is 5.81. The summed E-state index contributed by atoms with van der Waals surface area (Å²) < 4.78 is 7.49. The van der Waals surface area contributed by atoms with Gasteiger partial charge in [-0.15, -0.1) is 5.10 Å². The number of hydrogen-bond donors (Lipinski definition) is 1. The molecule has 4 atom stereocenters. The van der Waals surface area contributed by atoms with Gasteiger partial charge in [-0.2, -0.15) is 0 Å². The van der Waals surface area contributed by atoms with E-state index >= 15 is 0 Å². The molecule has 2 aromatic rings. The molecular formula is C24H35N7O2. The smallest absolute Gasteiger partial charge is 0.227 e. The van der Waals surface area contributed by atoms with Gasteiger partial charge in [0.2, 0.25) is 5.91 Å². The van der Waals surface area contributed by atoms with Crippen LogP contribution < -0.4 is 15.0 Å². The first-order valence-corrected chi connectivity index (χ1v) is 12.1. The van der Waals surface area contributed by atoms with Crippen molar-refractivity contribution in [3.05, 3.63) is 36.2 Å². The van der Waals surface area contributed by atoms with Crippen LogP contribution in [0.3, 0.4) is 0 Å². The van der Waals surface area contributed by atoms with E-state index in [1.165, 1.54) is 0 Å². The number of para-hydroxylation sites is 2. The maximum Gasteiger partial charge on any atom is 0.227 e. The Morgan fingerprint density at radius 2 is 2.00 bits per heavy atom. The Hall–Kier alpha value is -2.65. The minimum Gasteiger partial charge on any atom is -0.495 e. The Balaban J connectivity index is 1.16. The van der Waals surface area contributed by atoms with Crippen LogP contribution in [-0.2, 0) is 17.9 Å². The molecular weight excluding hydrogens is 418 g/mol. The number of rotatable bonds is 7. The van der Waals surface area contributed by atoms with E-state index < -0.39 is 0 Å². The number of methoxy groups -OCH3 is 1. The van der Waals surface area contributed by atoms with Crippen molar-refractivity contribution in [2.75, 3.05) is 58.3 Å². The van der Waals surface area contributed by atoms with Crippen LogP contribution in [0.2, 0.25) is 0 Å². The van der Waals surface area contributed by atoms with Gasteiger partial charge in [0.25, 0.3) is 0 Å². The number of piperazine rings is 1. The molecule has 4 fully saturated rings. The second-order valence-electron chi connectivity index (χ2n) is 9.49. The van der Waals surface area contributed by atoms with E-state index in [1.807, 2.05) is 36.1 Å². The first kappa shape index (κ1) is 22.2. The minimum absolute atomic E-state index is 0.128. The monoisotopic (exact) mass is 453 g/mol. The number of anilines is 1. The van der Waals surface area contributed by atoms with Gasteiger partial charge in [-0.25, -0.2) is 0 Å². The van der Waals surface area contributed by atoms with Crippen LogP contribution in [0.4, 0.5) is 5.69 Å². The average molecular weight is 454 g/mol. The zero-order valence-electron chi connectivity index (χ0n) is 19.7. The molecule has 4 saturated heterocycles. The Labute approximate surface area is 195 Å². The largest absolute Gasteiger partial charge is 0.495 e. The molecule has 33 heavy (non-hydrogen) atoms. The van der Waals surface area contributed by atoms with Crippen LogP contribution in [0.25, 0.3) is 0 Å². The van der Waals surface area contributed by atoms with Crippen LogP contribution in [0.5, 0.6) is 5.75 Å². The summed E-state index contributed by atoms with van der Waals surface area (Å²) in [5.41, 5.74) is 2.08. The summed E-state index contributed by atoms with van der Waals surface area (Å²) in [5, 5.41) is 11.6. The third-order valence-corrected chi connectivity index (χ3v) is 7.55. The van der Waals surface area contributed by atoms with Gasteiger partial charge in [0.1, 0.15) is 5.75 Å². The molecule has 4 aliphatic rings. The number of hydrogen-bond acceptors (Lipinski definition) is 7. The molecule has 4 aliphatic heterocycles. The highest BCUT2D eigenvalue weighted by atomic mass is 16.5. The summed E-state index contributed by atoms with van der Waals surface area (Å²) in [7, 11) is 3.63. The number of carbonyl (C=O) groups excluding carboxylic acids is 1. The molecule has 0 spiro atoms. The molecule has 9 heteroatoms. The second kappa shape index (κ2) is 9.69. The summed E-state index contributed by atoms with van der Waals surface area (Å²) >= 11 is 0. The number of piperidine rings is 3. The van der Waals surface area contributed by atoms with Crippen LogP contribution in [0.1, 0.15) is 18.5 Å². The highest BCUT2D eigenvalue weighted by molar-refractivity contribution is 5.80. The Kier molecular flexibility index (Phi) is 6.50. The maximum absolute atomic E-state index is 13.5. The van der Waals surface area contributed by atoms with E-state index in [0.717, 1.165) is 82.3 Å². The number of amides is 1. The van der Waals surface area contributed by atoms with E-state index in [9.17, 15) is 4.79 Å². The van der Waals surface area contributed by atoms with Crippen molar-refractivity contribution in [1.82, 2.24) is 30.1 Å². The van der Waals surface area contributed by atoms with Crippen molar-refractivity contribution in [3.8, 4) is 5.75 Å². The molecule has 1 aromatic carbocycles. The van der Waals surface area contributed by atoms with E-state index in [1.54, 1.807) is 7.11 Å². The highest BCUT2D eigenvalue weighted by Gasteiger charge is 2.44. The van der Waals surface area contributed by atoms with Crippen molar-refractivity contribution in [2.24, 2.45) is 11.8 Å². The Bertz CT molecular complexity index is 956. The molecule has 9 nitrogen and oxygen atoms in total. The summed E-state index contributed by atoms with van der Waals surface area (Å²) in [4.78, 5) is 20.4. The lowest BCUT2D eigenvalue weighted by Gasteiger charge is -2.50. The minimum atomic E-state index is 0.128. The van der Waals surface area contributed by atoms with Gasteiger partial charge in [-0.05, 0) is 44.5 Å². The lowest BCUT2D eigenvalue weighted by molar-refractivity contribution is -0.144. The van der Waals surface area contributed by atoms with Crippen molar-refractivity contribution in [3.63, 3.8) is 0 Å². The zero-order valence-corrected chi connectivity index (χ0v) is 19.7. The molecule has 5 heterocycles. The van der Waals surface area contributed by atoms with Crippen LogP contribution in [0.15, 0.2) is 30.5 Å². The number of fused-ring (bicyclic) bond motifs is 3. The van der Waals surface area contributed by atoms with Gasteiger partial charge >= 0.3 is 0 Å². The number of benzene rings is 1. The van der Waals surface area contributed by atoms with Crippen molar-refractivity contribution in [1.29, 1.82) is 0 Å². The van der Waals surface area contributed by atoms with E-state index in [0.29, 0.717) is 17.9 Å². The summed E-state index contributed by atoms with van der Waals surface area (Å²) in [6.45, 7) is 6.78. The molecule has 1 N–H and O–H groups in total. The maximum atomic E-state index is 13.5. The molecule has 178 valence electrons. The van der Waals surface area contributed by atoms with Crippen LogP contribution in [-0.4, -0.2) is 90.2 Å². The fourth-order valence-electron chi connectivity index (χ4n) is 5.81. The molecule has 2 bridgehead atoms. The number of nitrogens with one attached hydrogen (secondary N) is 1. The number of aromatic nitrogens is 3. The quantitative estimate of drug-likeness (QED) is 0.672. The van der Waals surface area contributed by atoms with Crippen LogP contribution >= 0.6 is 0 Å². The van der Waals surface area contributed by atoms with Gasteiger partial charge in [0, 0.05) is 51.5 Å². The van der Waals surface area contributed by atoms with Crippen molar-refractivity contribution < 1.29 is 9.53 Å². The lowest BCUT2D eigenvalue weighted by Crippen LogP contribution is -2.60. The summed E-state index contributed by atoms with van der Waals surface area (Å²) in [6, 6.07) is 8.57. The van der Waals surface area contributed by atoms with Gasteiger partial charge in [0.15, 0.2) is 0 Å². The predicted octanol–water partition coefficient (Wildman–Crippen LogP) is 1.07. The average Bonchev–Trinajstić information content (AvgIpc) is 3.31. The fraction of sp³-hybridized carbons (Fsp3) is 0.625. The SMILES string of the molecule is CNCc1cn(CC2CC3CCN2CC3C(=O)N2CCN(c3ccccc3OC)CC2)nn1. The Morgan fingerprint density at radius 1 is 1.18 bits per heavy atom. The molecule has 1 amide bonds. The van der Waals surface area contributed by atoms with E-state index in [2.05, 4.69) is 36.4 Å². The second-order valence-corrected chi connectivity index (χ2v) is 9.49.